The van der Waals surface area contributed by atoms with Gasteiger partial charge in [-0.2, -0.15) is 0 Å². The number of hydrogen-bond donors (Lipinski definition) is 2. The molecule has 2 unspecified atom stereocenters. The van der Waals surface area contributed by atoms with Crippen molar-refractivity contribution in [3.8, 4) is 0 Å². The van der Waals surface area contributed by atoms with Crippen LogP contribution in [0.25, 0.3) is 0 Å². The Hall–Kier alpha value is -1.92. The van der Waals surface area contributed by atoms with Crippen molar-refractivity contribution in [2.45, 2.75) is 174 Å². The van der Waals surface area contributed by atoms with Crippen molar-refractivity contribution < 1.29 is 29.3 Å². The number of rotatable bonds is 31. The maximum Gasteiger partial charge on any atom is 0.306 e. The largest absolute Gasteiger partial charge is 0.462 e. The molecule has 0 aliphatic rings. The van der Waals surface area contributed by atoms with E-state index in [0.717, 1.165) is 76.5 Å². The Kier molecular flexibility index (Phi) is 31.1. The molecule has 0 rings (SSSR count). The number of carbonyl (C=O) groups excluding carboxylic acids is 2. The minimum Gasteiger partial charge on any atom is -0.462 e. The van der Waals surface area contributed by atoms with E-state index in [-0.39, 0.29) is 31.6 Å². The molecule has 0 aromatic carbocycles. The number of allylic oxidation sites excluding steroid dienone is 5. The zero-order valence-corrected chi connectivity index (χ0v) is 28.7. The van der Waals surface area contributed by atoms with Crippen LogP contribution in [0, 0.1) is 5.92 Å². The first-order chi connectivity index (χ1) is 21.4. The summed E-state index contributed by atoms with van der Waals surface area (Å²) in [6.45, 7) is 6.27. The van der Waals surface area contributed by atoms with Gasteiger partial charge in [-0.15, -0.1) is 0 Å². The Bertz CT molecular complexity index is 744. The highest BCUT2D eigenvalue weighted by Crippen LogP contribution is 2.16. The van der Waals surface area contributed by atoms with Crippen LogP contribution in [0.15, 0.2) is 36.5 Å². The third-order valence-electron chi connectivity index (χ3n) is 8.09. The van der Waals surface area contributed by atoms with E-state index in [1.165, 1.54) is 57.8 Å². The van der Waals surface area contributed by atoms with Gasteiger partial charge < -0.3 is 19.7 Å². The van der Waals surface area contributed by atoms with E-state index in [1.54, 1.807) is 0 Å². The summed E-state index contributed by atoms with van der Waals surface area (Å²) in [5.74, 6) is 0.202. The normalized spacial score (nSPS) is 14.0. The van der Waals surface area contributed by atoms with E-state index in [2.05, 4.69) is 39.0 Å². The second-order valence-electron chi connectivity index (χ2n) is 12.4. The molecule has 0 radical (unpaired) electrons. The van der Waals surface area contributed by atoms with Crippen LogP contribution in [-0.4, -0.2) is 47.6 Å². The second-order valence-corrected chi connectivity index (χ2v) is 12.4. The maximum atomic E-state index is 12.1. The fraction of sp³-hybridized carbons (Fsp3) is 0.789. The van der Waals surface area contributed by atoms with E-state index in [4.69, 9.17) is 9.47 Å². The topological polar surface area (TPSA) is 93.1 Å². The maximum absolute atomic E-state index is 12.1. The lowest BCUT2D eigenvalue weighted by Gasteiger charge is -2.15. The Morgan fingerprint density at radius 1 is 0.682 bits per heavy atom. The summed E-state index contributed by atoms with van der Waals surface area (Å²) in [4.78, 5) is 24.2. The Balaban J connectivity index is 3.68. The number of carbonyl (C=O) groups is 2. The highest BCUT2D eigenvalue weighted by atomic mass is 16.6. The second kappa shape index (κ2) is 32.5. The fourth-order valence-corrected chi connectivity index (χ4v) is 4.95. The SMILES string of the molecule is CC/C=C/C/C=C/C=C/C(O)CCCCCCCC(=O)O[C@@H](CO)COC(=O)CCCCCCCCCCCCC(C)CC. The van der Waals surface area contributed by atoms with Gasteiger partial charge in [0, 0.05) is 12.8 Å². The number of aliphatic hydroxyl groups is 2. The average molecular weight is 621 g/mol. The van der Waals surface area contributed by atoms with Crippen LogP contribution < -0.4 is 0 Å². The van der Waals surface area contributed by atoms with Crippen molar-refractivity contribution in [2.24, 2.45) is 5.92 Å². The first-order valence-electron chi connectivity index (χ1n) is 18.0. The molecule has 0 saturated carbocycles. The molecule has 256 valence electrons. The monoisotopic (exact) mass is 621 g/mol. The molecule has 3 atom stereocenters. The first-order valence-corrected chi connectivity index (χ1v) is 18.0. The van der Waals surface area contributed by atoms with Gasteiger partial charge in [0.15, 0.2) is 6.10 Å². The van der Waals surface area contributed by atoms with Gasteiger partial charge in [-0.3, -0.25) is 9.59 Å². The van der Waals surface area contributed by atoms with Crippen LogP contribution in [0.2, 0.25) is 0 Å². The number of esters is 2. The highest BCUT2D eigenvalue weighted by molar-refractivity contribution is 5.70. The molecular formula is C38H68O6. The Labute approximate surface area is 270 Å². The summed E-state index contributed by atoms with van der Waals surface area (Å²) in [5, 5.41) is 19.6. The zero-order chi connectivity index (χ0) is 32.5. The predicted molar refractivity (Wildman–Crippen MR) is 183 cm³/mol. The summed E-state index contributed by atoms with van der Waals surface area (Å²) in [7, 11) is 0. The van der Waals surface area contributed by atoms with Crippen molar-refractivity contribution in [1.82, 2.24) is 0 Å². The Morgan fingerprint density at radius 3 is 1.80 bits per heavy atom. The standard InChI is InChI=1S/C38H68O6/c1-4-6-7-8-13-18-23-28-35(40)29-24-19-16-21-26-31-38(42)44-36(32-39)33-43-37(41)30-25-20-15-12-10-9-11-14-17-22-27-34(3)5-2/h6-7,13,18,23,28,34-36,39-40H,4-5,8-12,14-17,19-22,24-27,29-33H2,1-3H3/b7-6+,18-13+,28-23+/t34?,35?,36-/m0/s1. The van der Waals surface area contributed by atoms with Gasteiger partial charge >= 0.3 is 11.9 Å². The third kappa shape index (κ3) is 30.1. The molecule has 6 heteroatoms. The Morgan fingerprint density at radius 2 is 1.23 bits per heavy atom. The van der Waals surface area contributed by atoms with Crippen molar-refractivity contribution in [3.63, 3.8) is 0 Å². The molecule has 0 spiro atoms. The van der Waals surface area contributed by atoms with Gasteiger partial charge in [0.05, 0.1) is 12.7 Å². The van der Waals surface area contributed by atoms with E-state index < -0.39 is 12.2 Å². The zero-order valence-electron chi connectivity index (χ0n) is 28.7. The van der Waals surface area contributed by atoms with Crippen LogP contribution in [0.1, 0.15) is 162 Å². The molecule has 44 heavy (non-hydrogen) atoms. The lowest BCUT2D eigenvalue weighted by atomic mass is 9.99. The molecule has 6 nitrogen and oxygen atoms in total. The molecule has 0 aliphatic heterocycles. The van der Waals surface area contributed by atoms with Gasteiger partial charge in [0.25, 0.3) is 0 Å². The van der Waals surface area contributed by atoms with Crippen molar-refractivity contribution in [2.75, 3.05) is 13.2 Å². The first kappa shape index (κ1) is 42.1. The van der Waals surface area contributed by atoms with Gasteiger partial charge in [-0.1, -0.05) is 154 Å². The van der Waals surface area contributed by atoms with Gasteiger partial charge in [-0.05, 0) is 38.0 Å². The summed E-state index contributed by atoms with van der Waals surface area (Å²) in [6, 6.07) is 0. The molecular weight excluding hydrogens is 552 g/mol. The molecule has 0 aliphatic carbocycles. The lowest BCUT2D eigenvalue weighted by molar-refractivity contribution is -0.161. The molecule has 0 bridgehead atoms. The van der Waals surface area contributed by atoms with Crippen molar-refractivity contribution in [3.05, 3.63) is 36.5 Å². The molecule has 0 fully saturated rings. The summed E-state index contributed by atoms with van der Waals surface area (Å²) in [6.07, 6.45) is 33.6. The lowest BCUT2D eigenvalue weighted by Crippen LogP contribution is -2.28. The van der Waals surface area contributed by atoms with Crippen LogP contribution >= 0.6 is 0 Å². The average Bonchev–Trinajstić information content (AvgIpc) is 3.02. The van der Waals surface area contributed by atoms with E-state index in [1.807, 2.05) is 18.2 Å². The van der Waals surface area contributed by atoms with E-state index in [0.29, 0.717) is 6.42 Å². The number of hydrogen-bond acceptors (Lipinski definition) is 6. The van der Waals surface area contributed by atoms with Crippen LogP contribution in [0.5, 0.6) is 0 Å². The van der Waals surface area contributed by atoms with Gasteiger partial charge in [-0.25, -0.2) is 0 Å². The van der Waals surface area contributed by atoms with E-state index in [9.17, 15) is 19.8 Å². The number of unbranched alkanes of at least 4 members (excludes halogenated alkanes) is 13. The minimum absolute atomic E-state index is 0.0963. The summed E-state index contributed by atoms with van der Waals surface area (Å²) < 4.78 is 10.5. The van der Waals surface area contributed by atoms with Gasteiger partial charge in [0.1, 0.15) is 6.61 Å². The van der Waals surface area contributed by atoms with Crippen LogP contribution in [0.4, 0.5) is 0 Å². The third-order valence-corrected chi connectivity index (χ3v) is 8.09. The van der Waals surface area contributed by atoms with E-state index >= 15 is 0 Å². The smallest absolute Gasteiger partial charge is 0.306 e. The van der Waals surface area contributed by atoms with Crippen molar-refractivity contribution >= 4 is 11.9 Å². The fourth-order valence-electron chi connectivity index (χ4n) is 4.95. The summed E-state index contributed by atoms with van der Waals surface area (Å²) >= 11 is 0. The quantitative estimate of drug-likeness (QED) is 0.0347. The summed E-state index contributed by atoms with van der Waals surface area (Å²) in [5.41, 5.74) is 0. The molecule has 0 aromatic heterocycles. The molecule has 2 N–H and O–H groups in total. The number of ether oxygens (including phenoxy) is 2. The number of aliphatic hydroxyl groups excluding tert-OH is 2. The molecule has 0 aromatic rings. The van der Waals surface area contributed by atoms with Crippen LogP contribution in [-0.2, 0) is 19.1 Å². The molecule has 0 amide bonds. The molecule has 0 saturated heterocycles. The predicted octanol–water partition coefficient (Wildman–Crippen LogP) is 9.72. The van der Waals surface area contributed by atoms with Crippen LogP contribution in [0.3, 0.4) is 0 Å². The minimum atomic E-state index is -0.807. The highest BCUT2D eigenvalue weighted by Gasteiger charge is 2.16. The van der Waals surface area contributed by atoms with Gasteiger partial charge in [0.2, 0.25) is 0 Å². The van der Waals surface area contributed by atoms with Crippen molar-refractivity contribution in [1.29, 1.82) is 0 Å². The molecule has 0 heterocycles.